The maximum atomic E-state index is 12.7. The second kappa shape index (κ2) is 9.80. The van der Waals surface area contributed by atoms with Crippen LogP contribution >= 0.6 is 0 Å². The summed E-state index contributed by atoms with van der Waals surface area (Å²) >= 11 is 0. The Morgan fingerprint density at radius 2 is 2.11 bits per heavy atom. The Labute approximate surface area is 168 Å². The first-order valence-electron chi connectivity index (χ1n) is 10.6. The lowest BCUT2D eigenvalue weighted by Gasteiger charge is -2.27. The molecule has 2 aliphatic rings. The van der Waals surface area contributed by atoms with Crippen LogP contribution in [0.4, 0.5) is 4.79 Å². The van der Waals surface area contributed by atoms with Crippen LogP contribution in [0, 0.1) is 11.8 Å². The number of hydrogen-bond donors (Lipinski definition) is 2. The van der Waals surface area contributed by atoms with E-state index in [1.54, 1.807) is 4.90 Å². The Kier molecular flexibility index (Phi) is 7.18. The molecule has 3 rings (SSSR count). The largest absolute Gasteiger partial charge is 0.493 e. The Morgan fingerprint density at radius 3 is 2.93 bits per heavy atom. The van der Waals surface area contributed by atoms with Gasteiger partial charge in [-0.2, -0.15) is 0 Å². The molecule has 1 aromatic rings. The average molecular weight is 388 g/mol. The summed E-state index contributed by atoms with van der Waals surface area (Å²) < 4.78 is 5.93. The molecule has 2 aliphatic heterocycles. The van der Waals surface area contributed by atoms with E-state index in [1.807, 2.05) is 18.2 Å². The lowest BCUT2D eigenvalue weighted by molar-refractivity contribution is -0.124. The van der Waals surface area contributed by atoms with Gasteiger partial charge in [0.05, 0.1) is 12.5 Å². The number of carbonyl (C=O) groups is 2. The molecule has 154 valence electrons. The fourth-order valence-corrected chi connectivity index (χ4v) is 3.89. The minimum Gasteiger partial charge on any atom is -0.493 e. The van der Waals surface area contributed by atoms with Crippen molar-refractivity contribution in [2.45, 2.75) is 52.0 Å². The maximum absolute atomic E-state index is 12.7. The quantitative estimate of drug-likeness (QED) is 0.756. The molecule has 0 aliphatic carbocycles. The van der Waals surface area contributed by atoms with Gasteiger partial charge in [-0.25, -0.2) is 4.79 Å². The topological polar surface area (TPSA) is 70.7 Å². The van der Waals surface area contributed by atoms with Gasteiger partial charge in [-0.1, -0.05) is 38.5 Å². The molecule has 6 nitrogen and oxygen atoms in total. The lowest BCUT2D eigenvalue weighted by Crippen LogP contribution is -2.46. The molecule has 2 saturated heterocycles. The van der Waals surface area contributed by atoms with Gasteiger partial charge in [-0.05, 0) is 43.2 Å². The van der Waals surface area contributed by atoms with Gasteiger partial charge in [0.1, 0.15) is 5.75 Å². The van der Waals surface area contributed by atoms with Crippen LogP contribution in [0.3, 0.4) is 0 Å². The summed E-state index contributed by atoms with van der Waals surface area (Å²) in [5, 5.41) is 6.09. The number of nitrogens with zero attached hydrogens (tertiary/aromatic N) is 1. The van der Waals surface area contributed by atoms with Crippen LogP contribution in [-0.4, -0.2) is 49.1 Å². The van der Waals surface area contributed by atoms with Crippen LogP contribution in [0.15, 0.2) is 24.3 Å². The number of likely N-dealkylation sites (tertiary alicyclic amines) is 1. The van der Waals surface area contributed by atoms with Gasteiger partial charge in [0.25, 0.3) is 0 Å². The third-order valence-electron chi connectivity index (χ3n) is 5.59. The van der Waals surface area contributed by atoms with Crippen molar-refractivity contribution >= 4 is 11.9 Å². The number of fused-ring (bicyclic) bond motifs is 3. The zero-order valence-corrected chi connectivity index (χ0v) is 17.1. The molecule has 2 fully saturated rings. The summed E-state index contributed by atoms with van der Waals surface area (Å²) in [5.41, 5.74) is 1.11. The summed E-state index contributed by atoms with van der Waals surface area (Å²) in [5.74, 6) is 1.54. The minimum atomic E-state index is -0.0772. The van der Waals surface area contributed by atoms with Gasteiger partial charge in [0, 0.05) is 25.7 Å². The first kappa shape index (κ1) is 20.5. The number of carbonyl (C=O) groups excluding carboxylic acids is 2. The SMILES string of the molecule is CC(C)CCOc1ccccc1CCNC(=O)N1C[C@@H]2CCC[C@H](C1)C(=O)N2. The molecule has 2 N–H and O–H groups in total. The monoisotopic (exact) mass is 387 g/mol. The van der Waals surface area contributed by atoms with Crippen molar-refractivity contribution in [3.05, 3.63) is 29.8 Å². The number of rotatable bonds is 7. The number of ether oxygens (including phenoxy) is 1. The van der Waals surface area contributed by atoms with Gasteiger partial charge in [0.2, 0.25) is 5.91 Å². The molecule has 0 radical (unpaired) electrons. The Morgan fingerprint density at radius 1 is 1.29 bits per heavy atom. The minimum absolute atomic E-state index is 0.0756. The third-order valence-corrected chi connectivity index (χ3v) is 5.59. The van der Waals surface area contributed by atoms with Gasteiger partial charge in [-0.15, -0.1) is 0 Å². The number of para-hydroxylation sites is 1. The highest BCUT2D eigenvalue weighted by Crippen LogP contribution is 2.22. The van der Waals surface area contributed by atoms with E-state index in [9.17, 15) is 9.59 Å². The van der Waals surface area contributed by atoms with Crippen molar-refractivity contribution in [1.82, 2.24) is 15.5 Å². The molecule has 28 heavy (non-hydrogen) atoms. The molecule has 3 amide bonds. The highest BCUT2D eigenvalue weighted by Gasteiger charge is 2.34. The van der Waals surface area contributed by atoms with Gasteiger partial charge >= 0.3 is 6.03 Å². The smallest absolute Gasteiger partial charge is 0.317 e. The van der Waals surface area contributed by atoms with E-state index in [-0.39, 0.29) is 23.9 Å². The highest BCUT2D eigenvalue weighted by atomic mass is 16.5. The van der Waals surface area contributed by atoms with Gasteiger partial charge in [0.15, 0.2) is 0 Å². The molecule has 6 heteroatoms. The second-order valence-electron chi connectivity index (χ2n) is 8.36. The zero-order valence-electron chi connectivity index (χ0n) is 17.1. The summed E-state index contributed by atoms with van der Waals surface area (Å²) in [6.07, 6.45) is 4.62. The summed E-state index contributed by atoms with van der Waals surface area (Å²) in [6, 6.07) is 8.03. The first-order chi connectivity index (χ1) is 13.5. The van der Waals surface area contributed by atoms with Crippen LogP contribution < -0.4 is 15.4 Å². The predicted octanol–water partition coefficient (Wildman–Crippen LogP) is 2.96. The van der Waals surface area contributed by atoms with Crippen LogP contribution in [0.2, 0.25) is 0 Å². The molecular weight excluding hydrogens is 354 g/mol. The summed E-state index contributed by atoms with van der Waals surface area (Å²) in [7, 11) is 0. The number of hydrogen-bond acceptors (Lipinski definition) is 3. The fourth-order valence-electron chi connectivity index (χ4n) is 3.89. The molecular formula is C22H33N3O3. The van der Waals surface area contributed by atoms with E-state index >= 15 is 0 Å². The van der Waals surface area contributed by atoms with Gasteiger partial charge in [-0.3, -0.25) is 4.79 Å². The van der Waals surface area contributed by atoms with E-state index in [2.05, 4.69) is 30.5 Å². The first-order valence-corrected chi connectivity index (χ1v) is 10.6. The van der Waals surface area contributed by atoms with E-state index in [0.717, 1.165) is 43.4 Å². The molecule has 2 heterocycles. The number of benzene rings is 1. The number of nitrogens with one attached hydrogen (secondary N) is 2. The number of amides is 3. The molecule has 2 bridgehead atoms. The van der Waals surface area contributed by atoms with Crippen molar-refractivity contribution in [1.29, 1.82) is 0 Å². The average Bonchev–Trinajstić information content (AvgIpc) is 2.91. The molecule has 0 spiro atoms. The predicted molar refractivity (Wildman–Crippen MR) is 109 cm³/mol. The Hall–Kier alpha value is -2.24. The van der Waals surface area contributed by atoms with Crippen molar-refractivity contribution in [2.75, 3.05) is 26.2 Å². The lowest BCUT2D eigenvalue weighted by atomic mass is 9.99. The van der Waals surface area contributed by atoms with Crippen LogP contribution in [0.5, 0.6) is 5.75 Å². The summed E-state index contributed by atoms with van der Waals surface area (Å²) in [4.78, 5) is 26.6. The van der Waals surface area contributed by atoms with Crippen molar-refractivity contribution in [3.63, 3.8) is 0 Å². The highest BCUT2D eigenvalue weighted by molar-refractivity contribution is 5.82. The molecule has 0 unspecified atom stereocenters. The van der Waals surface area contributed by atoms with E-state index < -0.39 is 0 Å². The van der Waals surface area contributed by atoms with Crippen LogP contribution in [0.25, 0.3) is 0 Å². The van der Waals surface area contributed by atoms with Crippen LogP contribution in [0.1, 0.15) is 45.1 Å². The standard InChI is InChI=1S/C22H33N3O3/c1-16(2)11-13-28-20-9-4-3-6-17(20)10-12-23-22(27)25-14-18-7-5-8-19(15-25)24-21(18)26/h3-4,6,9,16,18-19H,5,7-8,10-15H2,1-2H3,(H,23,27)(H,24,26)/t18-,19+/m1/s1. The van der Waals surface area contributed by atoms with E-state index in [1.165, 1.54) is 0 Å². The van der Waals surface area contributed by atoms with Crippen molar-refractivity contribution in [3.8, 4) is 5.75 Å². The Balaban J connectivity index is 1.50. The Bertz CT molecular complexity index is 677. The maximum Gasteiger partial charge on any atom is 0.317 e. The van der Waals surface area contributed by atoms with E-state index in [0.29, 0.717) is 32.2 Å². The van der Waals surface area contributed by atoms with Crippen LogP contribution in [-0.2, 0) is 11.2 Å². The number of urea groups is 1. The van der Waals surface area contributed by atoms with Gasteiger partial charge < -0.3 is 20.3 Å². The third kappa shape index (κ3) is 5.63. The van der Waals surface area contributed by atoms with E-state index in [4.69, 9.17) is 4.74 Å². The molecule has 1 aromatic carbocycles. The molecule has 0 saturated carbocycles. The van der Waals surface area contributed by atoms with Crippen molar-refractivity contribution < 1.29 is 14.3 Å². The summed E-state index contributed by atoms with van der Waals surface area (Å²) in [6.45, 7) is 6.75. The van der Waals surface area contributed by atoms with Crippen molar-refractivity contribution in [2.24, 2.45) is 11.8 Å². The zero-order chi connectivity index (χ0) is 19.9. The molecule has 2 atom stereocenters. The normalized spacial score (nSPS) is 21.8. The second-order valence-corrected chi connectivity index (χ2v) is 8.36. The fraction of sp³-hybridized carbons (Fsp3) is 0.636. The molecule has 0 aromatic heterocycles.